The van der Waals surface area contributed by atoms with Crippen LogP contribution < -0.4 is 10.6 Å². The number of amides is 1. The molecule has 1 amide bonds. The first-order valence-corrected chi connectivity index (χ1v) is 8.88. The highest BCUT2D eigenvalue weighted by molar-refractivity contribution is 6.30. The van der Waals surface area contributed by atoms with Crippen molar-refractivity contribution in [1.29, 1.82) is 0 Å². The lowest BCUT2D eigenvalue weighted by atomic mass is 10.1. The zero-order chi connectivity index (χ0) is 16.8. The first-order chi connectivity index (χ1) is 11.7. The summed E-state index contributed by atoms with van der Waals surface area (Å²) in [6, 6.07) is 11.4. The predicted molar refractivity (Wildman–Crippen MR) is 97.9 cm³/mol. The molecule has 1 heterocycles. The molecular weight excluding hydrogens is 322 g/mol. The van der Waals surface area contributed by atoms with Crippen molar-refractivity contribution in [3.8, 4) is 0 Å². The second-order valence-corrected chi connectivity index (χ2v) is 6.66. The Labute approximate surface area is 147 Å². The van der Waals surface area contributed by atoms with Gasteiger partial charge in [-0.3, -0.25) is 4.79 Å². The van der Waals surface area contributed by atoms with E-state index in [1.54, 1.807) is 12.3 Å². The van der Waals surface area contributed by atoms with E-state index in [0.717, 1.165) is 24.2 Å². The lowest BCUT2D eigenvalue weighted by molar-refractivity contribution is 0.0928. The van der Waals surface area contributed by atoms with Gasteiger partial charge in [-0.2, -0.15) is 0 Å². The zero-order valence-corrected chi connectivity index (χ0v) is 14.4. The second-order valence-electron chi connectivity index (χ2n) is 6.23. The third kappa shape index (κ3) is 4.71. The van der Waals surface area contributed by atoms with Crippen LogP contribution in [0.2, 0.25) is 5.02 Å². The Hall–Kier alpha value is -2.07. The van der Waals surface area contributed by atoms with Crippen LogP contribution in [-0.4, -0.2) is 16.9 Å². The first-order valence-electron chi connectivity index (χ1n) is 8.50. The van der Waals surface area contributed by atoms with E-state index in [2.05, 4.69) is 15.6 Å². The second kappa shape index (κ2) is 8.15. The number of hydrogen-bond donors (Lipinski definition) is 2. The van der Waals surface area contributed by atoms with Crippen LogP contribution in [0.15, 0.2) is 42.6 Å². The number of anilines is 2. The van der Waals surface area contributed by atoms with E-state index in [4.69, 9.17) is 11.6 Å². The Morgan fingerprint density at radius 3 is 2.25 bits per heavy atom. The summed E-state index contributed by atoms with van der Waals surface area (Å²) >= 11 is 5.88. The summed E-state index contributed by atoms with van der Waals surface area (Å²) in [7, 11) is 0. The molecule has 0 bridgehead atoms. The molecule has 1 aromatic carbocycles. The smallest absolute Gasteiger partial charge is 0.270 e. The lowest BCUT2D eigenvalue weighted by Gasteiger charge is -2.16. The van der Waals surface area contributed by atoms with Gasteiger partial charge in [-0.05, 0) is 49.2 Å². The van der Waals surface area contributed by atoms with Crippen molar-refractivity contribution in [1.82, 2.24) is 10.3 Å². The SMILES string of the molecule is O=C(NC1CCCCCC1)c1ccc(Nc2ccc(Cl)cc2)cn1. The van der Waals surface area contributed by atoms with Crippen molar-refractivity contribution < 1.29 is 4.79 Å². The van der Waals surface area contributed by atoms with Gasteiger partial charge < -0.3 is 10.6 Å². The van der Waals surface area contributed by atoms with E-state index in [1.165, 1.54) is 25.7 Å². The van der Waals surface area contributed by atoms with Gasteiger partial charge in [0.25, 0.3) is 5.91 Å². The molecule has 5 heteroatoms. The standard InChI is InChI=1S/C19H22ClN3O/c20-14-7-9-16(10-8-14)22-17-11-12-18(21-13-17)19(24)23-15-5-3-1-2-4-6-15/h7-13,15,22H,1-6H2,(H,23,24). The van der Waals surface area contributed by atoms with E-state index in [-0.39, 0.29) is 11.9 Å². The molecule has 1 aromatic heterocycles. The van der Waals surface area contributed by atoms with Crippen molar-refractivity contribution in [2.45, 2.75) is 44.6 Å². The molecule has 0 aliphatic heterocycles. The molecule has 0 saturated heterocycles. The number of carbonyl (C=O) groups is 1. The van der Waals surface area contributed by atoms with Crippen molar-refractivity contribution in [3.63, 3.8) is 0 Å². The van der Waals surface area contributed by atoms with E-state index in [9.17, 15) is 4.79 Å². The highest BCUT2D eigenvalue weighted by Gasteiger charge is 2.16. The largest absolute Gasteiger partial charge is 0.354 e. The van der Waals surface area contributed by atoms with Crippen LogP contribution in [0.1, 0.15) is 49.0 Å². The minimum absolute atomic E-state index is 0.0834. The Morgan fingerprint density at radius 1 is 0.958 bits per heavy atom. The molecule has 3 rings (SSSR count). The fraction of sp³-hybridized carbons (Fsp3) is 0.368. The van der Waals surface area contributed by atoms with Gasteiger partial charge >= 0.3 is 0 Å². The number of hydrogen-bond acceptors (Lipinski definition) is 3. The Balaban J connectivity index is 1.58. The Bertz CT molecular complexity index is 662. The van der Waals surface area contributed by atoms with E-state index in [1.807, 2.05) is 30.3 Å². The Kier molecular flexibility index (Phi) is 5.70. The third-order valence-corrected chi connectivity index (χ3v) is 4.57. The van der Waals surface area contributed by atoms with Crippen molar-refractivity contribution in [2.24, 2.45) is 0 Å². The summed E-state index contributed by atoms with van der Waals surface area (Å²) in [4.78, 5) is 16.6. The van der Waals surface area contributed by atoms with Gasteiger partial charge in [0.15, 0.2) is 0 Å². The summed E-state index contributed by atoms with van der Waals surface area (Å²) in [5.41, 5.74) is 2.22. The number of benzene rings is 1. The molecule has 1 fully saturated rings. The molecule has 2 N–H and O–H groups in total. The quantitative estimate of drug-likeness (QED) is 0.774. The highest BCUT2D eigenvalue weighted by atomic mass is 35.5. The number of nitrogens with one attached hydrogen (secondary N) is 2. The maximum absolute atomic E-state index is 12.3. The topological polar surface area (TPSA) is 54.0 Å². The summed E-state index contributed by atoms with van der Waals surface area (Å²) in [6.07, 6.45) is 8.76. The summed E-state index contributed by atoms with van der Waals surface area (Å²) in [6.45, 7) is 0. The average molecular weight is 344 g/mol. The molecule has 0 spiro atoms. The van der Waals surface area contributed by atoms with E-state index < -0.39 is 0 Å². The fourth-order valence-corrected chi connectivity index (χ4v) is 3.11. The van der Waals surface area contributed by atoms with Gasteiger partial charge in [0, 0.05) is 16.8 Å². The normalized spacial score (nSPS) is 15.5. The molecule has 1 saturated carbocycles. The van der Waals surface area contributed by atoms with Crippen LogP contribution in [0, 0.1) is 0 Å². The van der Waals surface area contributed by atoms with Crippen LogP contribution in [0.25, 0.3) is 0 Å². The maximum atomic E-state index is 12.3. The molecule has 1 aliphatic rings. The van der Waals surface area contributed by atoms with Crippen LogP contribution in [0.5, 0.6) is 0 Å². The monoisotopic (exact) mass is 343 g/mol. The molecular formula is C19H22ClN3O. The molecule has 0 atom stereocenters. The van der Waals surface area contributed by atoms with Gasteiger partial charge in [-0.25, -0.2) is 4.98 Å². The molecule has 126 valence electrons. The fourth-order valence-electron chi connectivity index (χ4n) is 2.99. The molecule has 1 aliphatic carbocycles. The van der Waals surface area contributed by atoms with Crippen LogP contribution in [-0.2, 0) is 0 Å². The van der Waals surface area contributed by atoms with Crippen molar-refractivity contribution in [2.75, 3.05) is 5.32 Å². The van der Waals surface area contributed by atoms with Gasteiger partial charge in [-0.1, -0.05) is 37.3 Å². The highest BCUT2D eigenvalue weighted by Crippen LogP contribution is 2.19. The van der Waals surface area contributed by atoms with Gasteiger partial charge in [0.2, 0.25) is 0 Å². The molecule has 0 unspecified atom stereocenters. The lowest BCUT2D eigenvalue weighted by Crippen LogP contribution is -2.34. The minimum Gasteiger partial charge on any atom is -0.354 e. The number of nitrogens with zero attached hydrogens (tertiary/aromatic N) is 1. The molecule has 24 heavy (non-hydrogen) atoms. The molecule has 2 aromatic rings. The van der Waals surface area contributed by atoms with Crippen LogP contribution in [0.3, 0.4) is 0 Å². The number of rotatable bonds is 4. The summed E-state index contributed by atoms with van der Waals surface area (Å²) in [5.74, 6) is -0.0834. The van der Waals surface area contributed by atoms with Gasteiger partial charge in [0.1, 0.15) is 5.69 Å². The minimum atomic E-state index is -0.0834. The Morgan fingerprint density at radius 2 is 1.62 bits per heavy atom. The summed E-state index contributed by atoms with van der Waals surface area (Å²) < 4.78 is 0. The maximum Gasteiger partial charge on any atom is 0.270 e. The molecule has 4 nitrogen and oxygen atoms in total. The zero-order valence-electron chi connectivity index (χ0n) is 13.6. The third-order valence-electron chi connectivity index (χ3n) is 4.32. The number of halogens is 1. The van der Waals surface area contributed by atoms with E-state index >= 15 is 0 Å². The number of aromatic nitrogens is 1. The van der Waals surface area contributed by atoms with Crippen LogP contribution in [0.4, 0.5) is 11.4 Å². The van der Waals surface area contributed by atoms with Gasteiger partial charge in [-0.15, -0.1) is 0 Å². The van der Waals surface area contributed by atoms with Crippen molar-refractivity contribution >= 4 is 28.9 Å². The predicted octanol–water partition coefficient (Wildman–Crippen LogP) is 4.93. The number of pyridine rings is 1. The van der Waals surface area contributed by atoms with Gasteiger partial charge in [0.05, 0.1) is 11.9 Å². The van der Waals surface area contributed by atoms with Crippen LogP contribution >= 0.6 is 11.6 Å². The molecule has 0 radical (unpaired) electrons. The number of carbonyl (C=O) groups excluding carboxylic acids is 1. The van der Waals surface area contributed by atoms with E-state index in [0.29, 0.717) is 10.7 Å². The van der Waals surface area contributed by atoms with Crippen molar-refractivity contribution in [3.05, 3.63) is 53.3 Å². The average Bonchev–Trinajstić information content (AvgIpc) is 2.86. The first kappa shape index (κ1) is 16.8. The summed E-state index contributed by atoms with van der Waals surface area (Å²) in [5, 5.41) is 7.05.